The van der Waals surface area contributed by atoms with Gasteiger partial charge in [0, 0.05) is 19.2 Å². The average molecular weight is 427 g/mol. The maximum Gasteiger partial charge on any atom is 0.337 e. The molecule has 0 unspecified atom stereocenters. The van der Waals surface area contributed by atoms with E-state index < -0.39 is 5.97 Å². The lowest BCUT2D eigenvalue weighted by Gasteiger charge is -2.18. The summed E-state index contributed by atoms with van der Waals surface area (Å²) in [6.45, 7) is 7.42. The summed E-state index contributed by atoms with van der Waals surface area (Å²) in [6, 6.07) is 12.9. The summed E-state index contributed by atoms with van der Waals surface area (Å²) in [7, 11) is 2.98. The van der Waals surface area contributed by atoms with Crippen LogP contribution in [0.2, 0.25) is 0 Å². The molecule has 2 aromatic carbocycles. The number of thiazole rings is 1. The lowest BCUT2D eigenvalue weighted by Crippen LogP contribution is -2.19. The van der Waals surface area contributed by atoms with E-state index in [1.54, 1.807) is 19.2 Å². The number of carbonyl (C=O) groups excluding carboxylic acids is 2. The molecule has 158 valence electrons. The summed E-state index contributed by atoms with van der Waals surface area (Å²) in [6.07, 6.45) is 0. The Balaban J connectivity index is 2.04. The van der Waals surface area contributed by atoms with E-state index in [-0.39, 0.29) is 11.3 Å². The number of benzene rings is 2. The van der Waals surface area contributed by atoms with Crippen molar-refractivity contribution in [3.63, 3.8) is 0 Å². The van der Waals surface area contributed by atoms with Crippen LogP contribution in [0.5, 0.6) is 0 Å². The van der Waals surface area contributed by atoms with E-state index in [4.69, 9.17) is 9.47 Å². The van der Waals surface area contributed by atoms with E-state index in [9.17, 15) is 9.59 Å². The Kier molecular flexibility index (Phi) is 6.53. The van der Waals surface area contributed by atoms with Crippen LogP contribution in [0.25, 0.3) is 10.2 Å². The molecule has 3 aromatic rings. The molecule has 0 bridgehead atoms. The van der Waals surface area contributed by atoms with Crippen molar-refractivity contribution < 1.29 is 19.1 Å². The lowest BCUT2D eigenvalue weighted by atomic mass is 9.87. The van der Waals surface area contributed by atoms with E-state index in [0.29, 0.717) is 29.1 Å². The van der Waals surface area contributed by atoms with Gasteiger partial charge in [0.15, 0.2) is 4.80 Å². The third-order valence-corrected chi connectivity index (χ3v) is 5.86. The Morgan fingerprint density at radius 3 is 2.30 bits per heavy atom. The largest absolute Gasteiger partial charge is 0.465 e. The fourth-order valence-corrected chi connectivity index (χ4v) is 4.16. The molecule has 1 amide bonds. The fourth-order valence-electron chi connectivity index (χ4n) is 3.07. The maximum atomic E-state index is 12.8. The molecule has 6 nitrogen and oxygen atoms in total. The van der Waals surface area contributed by atoms with Gasteiger partial charge >= 0.3 is 5.97 Å². The molecule has 0 fully saturated rings. The number of nitrogens with zero attached hydrogens (tertiary/aromatic N) is 2. The summed E-state index contributed by atoms with van der Waals surface area (Å²) in [5, 5.41) is 0. The molecular weight excluding hydrogens is 400 g/mol. The van der Waals surface area contributed by atoms with Crippen molar-refractivity contribution in [3.05, 3.63) is 64.0 Å². The van der Waals surface area contributed by atoms with Crippen molar-refractivity contribution in [2.45, 2.75) is 32.7 Å². The number of rotatable bonds is 5. The first-order chi connectivity index (χ1) is 14.2. The number of aromatic nitrogens is 1. The minimum Gasteiger partial charge on any atom is -0.465 e. The van der Waals surface area contributed by atoms with Gasteiger partial charge < -0.3 is 14.0 Å². The standard InChI is InChI=1S/C23H26N2O4S/c1-23(2,3)17-9-6-15(7-10-17)20(26)24-22-25(12-13-28-4)18-11-8-16(21(27)29-5)14-19(18)30-22/h6-11,14H,12-13H2,1-5H3. The Morgan fingerprint density at radius 1 is 1.03 bits per heavy atom. The van der Waals surface area contributed by atoms with Gasteiger partial charge in [-0.15, -0.1) is 0 Å². The third kappa shape index (κ3) is 4.68. The van der Waals surface area contributed by atoms with Gasteiger partial charge in [0.2, 0.25) is 0 Å². The lowest BCUT2D eigenvalue weighted by molar-refractivity contribution is 0.0600. The van der Waals surface area contributed by atoms with Crippen LogP contribution < -0.4 is 4.80 Å². The van der Waals surface area contributed by atoms with Gasteiger partial charge in [-0.25, -0.2) is 4.79 Å². The summed E-state index contributed by atoms with van der Waals surface area (Å²) >= 11 is 1.36. The fraction of sp³-hybridized carbons (Fsp3) is 0.348. The highest BCUT2D eigenvalue weighted by Gasteiger charge is 2.15. The van der Waals surface area contributed by atoms with E-state index in [1.807, 2.05) is 34.9 Å². The average Bonchev–Trinajstić information content (AvgIpc) is 3.07. The van der Waals surface area contributed by atoms with Gasteiger partial charge in [-0.3, -0.25) is 4.79 Å². The highest BCUT2D eigenvalue weighted by Crippen LogP contribution is 2.23. The van der Waals surface area contributed by atoms with Crippen molar-refractivity contribution in [1.82, 2.24) is 4.57 Å². The van der Waals surface area contributed by atoms with Gasteiger partial charge in [-0.1, -0.05) is 44.2 Å². The van der Waals surface area contributed by atoms with Crippen LogP contribution >= 0.6 is 11.3 Å². The van der Waals surface area contributed by atoms with Gasteiger partial charge in [0.1, 0.15) is 0 Å². The first-order valence-corrected chi connectivity index (χ1v) is 10.5. The Hall–Kier alpha value is -2.77. The summed E-state index contributed by atoms with van der Waals surface area (Å²) in [4.78, 5) is 29.6. The quantitative estimate of drug-likeness (QED) is 0.574. The van der Waals surface area contributed by atoms with Crippen LogP contribution in [0.15, 0.2) is 47.5 Å². The van der Waals surface area contributed by atoms with E-state index >= 15 is 0 Å². The number of fused-ring (bicyclic) bond motifs is 1. The molecule has 3 rings (SSSR count). The molecule has 0 radical (unpaired) electrons. The zero-order valence-corrected chi connectivity index (χ0v) is 18.7. The SMILES string of the molecule is COCCn1c(=NC(=O)c2ccc(C(C)(C)C)cc2)sc2cc(C(=O)OC)ccc21. The summed E-state index contributed by atoms with van der Waals surface area (Å²) in [5.41, 5.74) is 3.06. The Labute approximate surface area is 179 Å². The minimum atomic E-state index is -0.401. The zero-order chi connectivity index (χ0) is 21.9. The third-order valence-electron chi connectivity index (χ3n) is 4.82. The van der Waals surface area contributed by atoms with Gasteiger partial charge in [-0.2, -0.15) is 4.99 Å². The van der Waals surface area contributed by atoms with Crippen LogP contribution in [-0.4, -0.2) is 37.3 Å². The number of methoxy groups -OCH3 is 2. The van der Waals surface area contributed by atoms with Crippen molar-refractivity contribution >= 4 is 33.4 Å². The highest BCUT2D eigenvalue weighted by atomic mass is 32.1. The number of hydrogen-bond acceptors (Lipinski definition) is 5. The second-order valence-electron chi connectivity index (χ2n) is 7.95. The van der Waals surface area contributed by atoms with E-state index in [0.717, 1.165) is 15.8 Å². The molecule has 0 atom stereocenters. The molecule has 0 saturated carbocycles. The number of amides is 1. The molecule has 0 saturated heterocycles. The minimum absolute atomic E-state index is 0.0186. The molecule has 0 spiro atoms. The summed E-state index contributed by atoms with van der Waals surface area (Å²) in [5.74, 6) is -0.705. The second kappa shape index (κ2) is 8.93. The molecule has 0 aliphatic rings. The maximum absolute atomic E-state index is 12.8. The molecule has 1 heterocycles. The van der Waals surface area contributed by atoms with Crippen LogP contribution in [0, 0.1) is 0 Å². The Morgan fingerprint density at radius 2 is 1.70 bits per heavy atom. The number of ether oxygens (including phenoxy) is 2. The topological polar surface area (TPSA) is 69.9 Å². The monoisotopic (exact) mass is 426 g/mol. The van der Waals surface area contributed by atoms with Crippen molar-refractivity contribution in [3.8, 4) is 0 Å². The molecular formula is C23H26N2O4S. The predicted octanol–water partition coefficient (Wildman–Crippen LogP) is 4.17. The van der Waals surface area contributed by atoms with Gasteiger partial charge in [0.25, 0.3) is 5.91 Å². The van der Waals surface area contributed by atoms with Crippen molar-refractivity contribution in [1.29, 1.82) is 0 Å². The van der Waals surface area contributed by atoms with E-state index in [1.165, 1.54) is 18.4 Å². The normalized spacial score (nSPS) is 12.4. The van der Waals surface area contributed by atoms with E-state index in [2.05, 4.69) is 25.8 Å². The smallest absolute Gasteiger partial charge is 0.337 e. The van der Waals surface area contributed by atoms with Crippen LogP contribution in [-0.2, 0) is 21.4 Å². The molecule has 7 heteroatoms. The van der Waals surface area contributed by atoms with Crippen molar-refractivity contribution in [2.75, 3.05) is 20.8 Å². The highest BCUT2D eigenvalue weighted by molar-refractivity contribution is 7.16. The summed E-state index contributed by atoms with van der Waals surface area (Å²) < 4.78 is 12.8. The van der Waals surface area contributed by atoms with Crippen LogP contribution in [0.3, 0.4) is 0 Å². The van der Waals surface area contributed by atoms with Gasteiger partial charge in [-0.05, 0) is 41.3 Å². The number of esters is 1. The second-order valence-corrected chi connectivity index (χ2v) is 8.96. The number of carbonyl (C=O) groups is 2. The molecule has 30 heavy (non-hydrogen) atoms. The first kappa shape index (κ1) is 21.9. The first-order valence-electron chi connectivity index (χ1n) is 9.65. The predicted molar refractivity (Wildman–Crippen MR) is 118 cm³/mol. The zero-order valence-electron chi connectivity index (χ0n) is 17.9. The Bertz CT molecular complexity index is 1130. The molecule has 0 aliphatic carbocycles. The number of hydrogen-bond donors (Lipinski definition) is 0. The van der Waals surface area contributed by atoms with Gasteiger partial charge in [0.05, 0.1) is 29.5 Å². The molecule has 0 aliphatic heterocycles. The van der Waals surface area contributed by atoms with Crippen molar-refractivity contribution in [2.24, 2.45) is 4.99 Å². The van der Waals surface area contributed by atoms with Crippen LogP contribution in [0.4, 0.5) is 0 Å². The van der Waals surface area contributed by atoms with Crippen LogP contribution in [0.1, 0.15) is 47.1 Å². The molecule has 0 N–H and O–H groups in total. The molecule has 1 aromatic heterocycles.